The van der Waals surface area contributed by atoms with Crippen LogP contribution >= 0.6 is 0 Å². The predicted octanol–water partition coefficient (Wildman–Crippen LogP) is -3.83. The van der Waals surface area contributed by atoms with Crippen LogP contribution in [0.15, 0.2) is 35.5 Å². The van der Waals surface area contributed by atoms with Crippen molar-refractivity contribution >= 4 is 22.3 Å². The quantitative estimate of drug-likeness (QED) is 0.0189. The van der Waals surface area contributed by atoms with Crippen molar-refractivity contribution in [1.82, 2.24) is 0 Å². The van der Waals surface area contributed by atoms with E-state index < -0.39 is 198 Å². The molecule has 0 aromatic carbocycles. The molecule has 466 valence electrons. The average Bonchev–Trinajstić information content (AvgIpc) is 1.73. The van der Waals surface area contributed by atoms with Gasteiger partial charge in [-0.2, -0.15) is 0 Å². The molecule has 0 radical (unpaired) electrons. The molecule has 9 aliphatic rings. The van der Waals surface area contributed by atoms with Gasteiger partial charge < -0.3 is 103 Å². The number of aliphatic hydroxyl groups is 9. The Morgan fingerprint density at radius 2 is 1.42 bits per heavy atom. The van der Waals surface area contributed by atoms with Gasteiger partial charge in [0.25, 0.3) is 0 Å². The molecule has 5 saturated heterocycles. The maximum Gasteiger partial charge on any atom is 1.00 e. The van der Waals surface area contributed by atoms with Crippen molar-refractivity contribution in [2.45, 2.75) is 235 Å². The fraction of sp³-hybridized carbons (Fsp3) is 0.855. The van der Waals surface area contributed by atoms with Gasteiger partial charge in [0.2, 0.25) is 10.4 Å². The Morgan fingerprint density at radius 1 is 0.783 bits per heavy atom. The maximum atomic E-state index is 14.7. The van der Waals surface area contributed by atoms with Gasteiger partial charge in [0.05, 0.1) is 32.0 Å². The molecule has 3 saturated carbocycles. The third kappa shape index (κ3) is 11.3. The van der Waals surface area contributed by atoms with E-state index in [1.165, 1.54) is 21.0 Å². The molecule has 26 nitrogen and oxygen atoms in total. The van der Waals surface area contributed by atoms with Crippen LogP contribution in [0.25, 0.3) is 0 Å². The Bertz CT molecular complexity index is 2570. The summed E-state index contributed by atoms with van der Waals surface area (Å²) in [6.07, 6.45) is -21.5. The summed E-state index contributed by atoms with van der Waals surface area (Å²) in [5, 5.41) is 102. The molecule has 5 heterocycles. The van der Waals surface area contributed by atoms with Crippen LogP contribution in [0.5, 0.6) is 0 Å². The largest absolute Gasteiger partial charge is 1.00 e. The first-order valence-electron chi connectivity index (χ1n) is 28.1. The first kappa shape index (κ1) is 67.2. The van der Waals surface area contributed by atoms with Gasteiger partial charge in [-0.05, 0) is 95.0 Å². The summed E-state index contributed by atoms with van der Waals surface area (Å²) < 4.78 is 106. The number of carbonyl (C=O) groups excluding carboxylic acids is 2. The van der Waals surface area contributed by atoms with Gasteiger partial charge in [0.15, 0.2) is 36.4 Å². The smallest absolute Gasteiger partial charge is 0.726 e. The van der Waals surface area contributed by atoms with Gasteiger partial charge in [0, 0.05) is 19.4 Å². The number of cyclic esters (lactones) is 1. The Morgan fingerprint density at radius 3 is 2.06 bits per heavy atom. The maximum absolute atomic E-state index is 14.7. The Balaban J connectivity index is 0.00000900. The van der Waals surface area contributed by atoms with E-state index in [0.29, 0.717) is 25.7 Å². The summed E-state index contributed by atoms with van der Waals surface area (Å²) in [5.41, 5.74) is -5.10. The van der Waals surface area contributed by atoms with Crippen molar-refractivity contribution in [3.8, 4) is 0 Å². The van der Waals surface area contributed by atoms with Crippen LogP contribution in [-0.2, 0) is 76.3 Å². The number of hydrogen-bond acceptors (Lipinski definition) is 26. The van der Waals surface area contributed by atoms with E-state index >= 15 is 0 Å². The van der Waals surface area contributed by atoms with Crippen LogP contribution in [0.1, 0.15) is 101 Å². The first-order valence-corrected chi connectivity index (χ1v) is 29.4. The van der Waals surface area contributed by atoms with Gasteiger partial charge in [0.1, 0.15) is 90.9 Å². The number of carbonyl (C=O) groups is 2. The minimum absolute atomic E-state index is 0. The topological polar surface area (TPSA) is 384 Å². The summed E-state index contributed by atoms with van der Waals surface area (Å²) >= 11 is 0. The second kappa shape index (κ2) is 24.6. The molecule has 1 spiro atoms. The molecule has 4 aliphatic carbocycles. The molecule has 0 amide bonds. The van der Waals surface area contributed by atoms with Gasteiger partial charge in [-0.15, -0.1) is 0 Å². The average molecular weight is 1220 g/mol. The number of allylic oxidation sites excluding steroid dienone is 5. The third-order valence-electron chi connectivity index (χ3n) is 20.0. The molecule has 8 fully saturated rings. The van der Waals surface area contributed by atoms with E-state index in [2.05, 4.69) is 17.2 Å². The van der Waals surface area contributed by atoms with E-state index in [1.54, 1.807) is 19.1 Å². The standard InChI is InChI=1S/C55H84O26S.Na/c1-24(2)12-11-17-53(9)55(66)34(74-26(4)57)20-52(8)28-13-14-32-50(5,6)33(16-18-51(32,7)27(28)15-19-54(52,55)49(65)80-53)76-48-44(36(60)31(23-72-48)81-82(67,68)69)79-46-38(62)37(61)41(25(3)73-46)77-45-39(63)42(29(58)22-71-45)78-47-40(64)43(70-10)35(59)30(21-56)75-47;/h11-13,17,25,27,29-48,56,58-64,66H,14-16,18-23H2,1-10H3,(H,67,68,69);/q;+1/p-1/b17-11-;/t25-,27-,29-,30-,31-,32+,33+,34+,35-,36+,37-,38-,39-,40-,41-,42+,43+,44-,45+,46+,47+,48+,51-,52+,53+,54-,55+;/m1./s1. The van der Waals surface area contributed by atoms with Crippen LogP contribution < -0.4 is 29.6 Å². The molecule has 9 N–H and O–H groups in total. The van der Waals surface area contributed by atoms with E-state index in [9.17, 15) is 68.5 Å². The number of methoxy groups -OCH3 is 1. The van der Waals surface area contributed by atoms with E-state index in [1.807, 2.05) is 40.7 Å². The molecule has 0 bridgehead atoms. The van der Waals surface area contributed by atoms with Crippen LogP contribution in [-0.4, -0.2) is 232 Å². The summed E-state index contributed by atoms with van der Waals surface area (Å²) in [4.78, 5) is 27.4. The van der Waals surface area contributed by atoms with Crippen LogP contribution in [0, 0.1) is 33.5 Å². The summed E-state index contributed by atoms with van der Waals surface area (Å²) in [5.74, 6) is -1.36. The number of fused-ring (bicyclic) bond motifs is 4. The Hall–Kier alpha value is -1.69. The van der Waals surface area contributed by atoms with Crippen molar-refractivity contribution in [2.24, 2.45) is 33.5 Å². The van der Waals surface area contributed by atoms with Gasteiger partial charge in [-0.1, -0.05) is 57.1 Å². The zero-order chi connectivity index (χ0) is 60.2. The third-order valence-corrected chi connectivity index (χ3v) is 20.5. The van der Waals surface area contributed by atoms with Crippen LogP contribution in [0.3, 0.4) is 0 Å². The summed E-state index contributed by atoms with van der Waals surface area (Å²) in [6, 6.07) is 0. The normalized spacial score (nSPS) is 49.5. The summed E-state index contributed by atoms with van der Waals surface area (Å²) in [7, 11) is -4.23. The molecule has 0 aromatic heterocycles. The minimum atomic E-state index is -5.43. The van der Waals surface area contributed by atoms with Crippen molar-refractivity contribution in [3.63, 3.8) is 0 Å². The second-order valence-electron chi connectivity index (χ2n) is 25.3. The minimum Gasteiger partial charge on any atom is -0.726 e. The van der Waals surface area contributed by atoms with E-state index in [4.69, 9.17) is 52.1 Å². The molecule has 0 aromatic rings. The monoisotopic (exact) mass is 1210 g/mol. The van der Waals surface area contributed by atoms with Crippen molar-refractivity contribution in [2.75, 3.05) is 26.9 Å². The fourth-order valence-corrected chi connectivity index (χ4v) is 16.4. The predicted molar refractivity (Wildman–Crippen MR) is 275 cm³/mol. The molecule has 9 rings (SSSR count). The number of esters is 2. The molecule has 5 aliphatic heterocycles. The Labute approximate surface area is 504 Å². The van der Waals surface area contributed by atoms with E-state index in [-0.39, 0.29) is 54.2 Å². The van der Waals surface area contributed by atoms with Gasteiger partial charge in [-0.3, -0.25) is 13.8 Å². The number of hydrogen-bond donors (Lipinski definition) is 9. The van der Waals surface area contributed by atoms with Gasteiger partial charge in [-0.25, -0.2) is 8.42 Å². The second-order valence-corrected chi connectivity index (χ2v) is 26.3. The van der Waals surface area contributed by atoms with E-state index in [0.717, 1.165) is 11.1 Å². The van der Waals surface area contributed by atoms with Crippen molar-refractivity contribution < 1.29 is 154 Å². The number of ether oxygens (including phenoxy) is 11. The Kier molecular flexibility index (Phi) is 19.9. The zero-order valence-electron chi connectivity index (χ0n) is 48.7. The molecule has 27 atom stereocenters. The number of rotatable bonds is 15. The van der Waals surface area contributed by atoms with Gasteiger partial charge >= 0.3 is 41.5 Å². The van der Waals surface area contributed by atoms with Crippen LogP contribution in [0.2, 0.25) is 0 Å². The zero-order valence-corrected chi connectivity index (χ0v) is 51.6. The molecule has 28 heteroatoms. The van der Waals surface area contributed by atoms with Crippen LogP contribution in [0.4, 0.5) is 0 Å². The van der Waals surface area contributed by atoms with Crippen molar-refractivity contribution in [3.05, 3.63) is 35.5 Å². The fourth-order valence-electron chi connectivity index (χ4n) is 15.9. The first-order chi connectivity index (χ1) is 38.2. The SMILES string of the molecule is CO[C@@H]1[C@@H](O)[C@H](O[C@@H]2[C@@H](O)[C@H](O[C@H]3[C@H](O)[C@@H](O)[C@H](O[C@H]4[C@H](O[C@H]5CC[C@]6(C)[C@@H]7CC[C@]89C(=O)O[C@@](C)(/C=C\C=C(C)C)[C@@]8(O)[C@@H](OC(C)=O)C[C@@]9(C)C7=CC[C@H]6C5(C)C)OC[C@@H](OS(=O)(=O)[O-])[C@@H]4O)O[C@@H]3C)OC[C@H]2O)O[C@H](CO)[C@H]1O.[Na+]. The molecule has 0 unspecified atom stereocenters. The molecule has 83 heavy (non-hydrogen) atoms. The molecular weight excluding hydrogens is 1130 g/mol. The summed E-state index contributed by atoms with van der Waals surface area (Å²) in [6.45, 7) is 14.6. The number of aliphatic hydroxyl groups excluding tert-OH is 8. The van der Waals surface area contributed by atoms with Crippen molar-refractivity contribution in [1.29, 1.82) is 0 Å². The molecular formula is C55H83NaO26S.